The topological polar surface area (TPSA) is 111 Å². The number of carbonyl (C=O) groups is 2. The summed E-state index contributed by atoms with van der Waals surface area (Å²) in [4.78, 5) is 41.4. The number of benzene rings is 3. The summed E-state index contributed by atoms with van der Waals surface area (Å²) in [5.41, 5.74) is 2.71. The van der Waals surface area contributed by atoms with Crippen LogP contribution < -0.4 is 5.32 Å². The standard InChI is InChI=1S/C38H38Cl2F2N6O4/c1-38(2,3)52-37(50)47-13-7-10-25(20-47)21-48-34-31(19-44-36(46-34)43-18-24-11-12-29(41)30(42)16-24)45-35(48)33-27(39)14-26(15-28(33)40)17-32(49)51-22-23-8-5-4-6-9-23/h4-6,8-9,11-12,14-16,19,25H,7,10,13,17-18,20-22H2,1-3H3,(H,43,44,46)/t25-/m1/s1. The number of rotatable bonds is 10. The van der Waals surface area contributed by atoms with Gasteiger partial charge in [0, 0.05) is 26.2 Å². The number of amides is 1. The Morgan fingerprint density at radius 1 is 0.962 bits per heavy atom. The Morgan fingerprint density at radius 2 is 1.71 bits per heavy atom. The first-order valence-corrected chi connectivity index (χ1v) is 17.7. The fourth-order valence-electron chi connectivity index (χ4n) is 6.06. The number of aromatic nitrogens is 4. The van der Waals surface area contributed by atoms with Gasteiger partial charge in [-0.1, -0.05) is 59.6 Å². The first kappa shape index (κ1) is 37.0. The molecule has 1 aliphatic rings. The summed E-state index contributed by atoms with van der Waals surface area (Å²) in [5, 5.41) is 3.63. The second-order valence-corrected chi connectivity index (χ2v) is 14.6. The Morgan fingerprint density at radius 3 is 2.42 bits per heavy atom. The minimum Gasteiger partial charge on any atom is -0.461 e. The molecule has 0 aliphatic carbocycles. The van der Waals surface area contributed by atoms with E-state index in [1.54, 1.807) is 23.2 Å². The third-order valence-corrected chi connectivity index (χ3v) is 9.05. The maximum Gasteiger partial charge on any atom is 0.410 e. The summed E-state index contributed by atoms with van der Waals surface area (Å²) in [5.74, 6) is -1.63. The van der Waals surface area contributed by atoms with Crippen LogP contribution in [0.25, 0.3) is 22.6 Å². The van der Waals surface area contributed by atoms with Gasteiger partial charge in [-0.3, -0.25) is 4.79 Å². The minimum absolute atomic E-state index is 0.00203. The van der Waals surface area contributed by atoms with Crippen LogP contribution in [0.15, 0.2) is 66.9 Å². The van der Waals surface area contributed by atoms with Crippen molar-refractivity contribution in [2.75, 3.05) is 18.4 Å². The first-order valence-electron chi connectivity index (χ1n) is 16.9. The zero-order chi connectivity index (χ0) is 37.0. The number of anilines is 1. The van der Waals surface area contributed by atoms with E-state index in [1.807, 2.05) is 55.7 Å². The predicted molar refractivity (Wildman–Crippen MR) is 195 cm³/mol. The predicted octanol–water partition coefficient (Wildman–Crippen LogP) is 8.62. The maximum atomic E-state index is 13.8. The van der Waals surface area contributed by atoms with E-state index in [9.17, 15) is 18.4 Å². The molecule has 52 heavy (non-hydrogen) atoms. The molecule has 272 valence electrons. The SMILES string of the molecule is CC(C)(C)OC(=O)N1CCC[C@@H](Cn2c(-c3c(Cl)cc(CC(=O)OCc4ccccc4)cc3Cl)nc3cnc(NCc4ccc(F)c(F)c4)nc32)C1. The van der Waals surface area contributed by atoms with E-state index in [4.69, 9.17) is 42.6 Å². The summed E-state index contributed by atoms with van der Waals surface area (Å²) in [6, 6.07) is 16.4. The van der Waals surface area contributed by atoms with Gasteiger partial charge < -0.3 is 24.3 Å². The molecule has 2 aromatic heterocycles. The highest BCUT2D eigenvalue weighted by Gasteiger charge is 2.30. The molecular formula is C38H38Cl2F2N6O4. The Bertz CT molecular complexity index is 2070. The van der Waals surface area contributed by atoms with Crippen LogP contribution >= 0.6 is 23.2 Å². The molecule has 0 saturated carbocycles. The molecule has 1 fully saturated rings. The number of fused-ring (bicyclic) bond motifs is 1. The summed E-state index contributed by atoms with van der Waals surface area (Å²) in [6.07, 6.45) is 2.75. The summed E-state index contributed by atoms with van der Waals surface area (Å²) < 4.78 is 40.3. The number of likely N-dealkylation sites (tertiary alicyclic amines) is 1. The average Bonchev–Trinajstić information content (AvgIpc) is 3.44. The van der Waals surface area contributed by atoms with Gasteiger partial charge in [0.15, 0.2) is 17.3 Å². The third-order valence-electron chi connectivity index (χ3n) is 8.45. The van der Waals surface area contributed by atoms with E-state index in [0.29, 0.717) is 53.3 Å². The molecule has 6 rings (SSSR count). The smallest absolute Gasteiger partial charge is 0.410 e. The van der Waals surface area contributed by atoms with Crippen LogP contribution in [0.3, 0.4) is 0 Å². The van der Waals surface area contributed by atoms with Gasteiger partial charge in [-0.15, -0.1) is 0 Å². The molecule has 0 bridgehead atoms. The Hall–Kier alpha value is -4.81. The van der Waals surface area contributed by atoms with Crippen LogP contribution in [0.5, 0.6) is 0 Å². The number of nitrogens with one attached hydrogen (secondary N) is 1. The maximum absolute atomic E-state index is 13.8. The van der Waals surface area contributed by atoms with E-state index >= 15 is 0 Å². The van der Waals surface area contributed by atoms with Crippen molar-refractivity contribution < 1.29 is 27.8 Å². The highest BCUT2D eigenvalue weighted by molar-refractivity contribution is 6.39. The normalized spacial score (nSPS) is 14.8. The number of hydrogen-bond donors (Lipinski definition) is 1. The zero-order valence-electron chi connectivity index (χ0n) is 29.0. The third kappa shape index (κ3) is 9.15. The van der Waals surface area contributed by atoms with Crippen LogP contribution in [0.2, 0.25) is 10.0 Å². The van der Waals surface area contributed by atoms with Crippen molar-refractivity contribution in [3.63, 3.8) is 0 Å². The van der Waals surface area contributed by atoms with Crippen molar-refractivity contribution in [2.45, 2.75) is 65.3 Å². The molecule has 0 unspecified atom stereocenters. The van der Waals surface area contributed by atoms with Crippen LogP contribution in [0, 0.1) is 17.6 Å². The van der Waals surface area contributed by atoms with Gasteiger partial charge in [0.05, 0.1) is 28.2 Å². The lowest BCUT2D eigenvalue weighted by Crippen LogP contribution is -2.43. The van der Waals surface area contributed by atoms with Crippen molar-refractivity contribution in [1.29, 1.82) is 0 Å². The molecule has 14 heteroatoms. The lowest BCUT2D eigenvalue weighted by molar-refractivity contribution is -0.144. The number of carbonyl (C=O) groups excluding carboxylic acids is 2. The van der Waals surface area contributed by atoms with E-state index in [2.05, 4.69) is 10.3 Å². The van der Waals surface area contributed by atoms with Gasteiger partial charge in [0.2, 0.25) is 5.95 Å². The first-order chi connectivity index (χ1) is 24.8. The Kier molecular flexibility index (Phi) is 11.3. The monoisotopic (exact) mass is 750 g/mol. The fraction of sp³-hybridized carbons (Fsp3) is 0.342. The molecule has 10 nitrogen and oxygen atoms in total. The lowest BCUT2D eigenvalue weighted by atomic mass is 9.98. The van der Waals surface area contributed by atoms with Crippen LogP contribution in [0.4, 0.5) is 19.5 Å². The molecule has 0 spiro atoms. The summed E-state index contributed by atoms with van der Waals surface area (Å²) in [7, 11) is 0. The lowest BCUT2D eigenvalue weighted by Gasteiger charge is -2.34. The van der Waals surface area contributed by atoms with Crippen LogP contribution in [-0.2, 0) is 40.4 Å². The Balaban J connectivity index is 1.30. The van der Waals surface area contributed by atoms with E-state index in [0.717, 1.165) is 30.5 Å². The highest BCUT2D eigenvalue weighted by Crippen LogP contribution is 2.38. The van der Waals surface area contributed by atoms with Crippen molar-refractivity contribution in [3.05, 3.63) is 105 Å². The molecule has 0 radical (unpaired) electrons. The van der Waals surface area contributed by atoms with Crippen molar-refractivity contribution in [2.24, 2.45) is 5.92 Å². The second-order valence-electron chi connectivity index (χ2n) is 13.7. The van der Waals surface area contributed by atoms with Gasteiger partial charge in [-0.25, -0.2) is 23.5 Å². The largest absolute Gasteiger partial charge is 0.461 e. The number of esters is 1. The number of piperidine rings is 1. The van der Waals surface area contributed by atoms with Crippen LogP contribution in [0.1, 0.15) is 50.3 Å². The van der Waals surface area contributed by atoms with Gasteiger partial charge in [0.25, 0.3) is 0 Å². The molecule has 3 heterocycles. The number of ether oxygens (including phenoxy) is 2. The van der Waals surface area contributed by atoms with Crippen LogP contribution in [-0.4, -0.2) is 55.2 Å². The van der Waals surface area contributed by atoms with E-state index < -0.39 is 23.2 Å². The zero-order valence-corrected chi connectivity index (χ0v) is 30.5. The molecule has 1 amide bonds. The molecule has 1 saturated heterocycles. The van der Waals surface area contributed by atoms with Crippen molar-refractivity contribution in [1.82, 2.24) is 24.4 Å². The molecule has 5 aromatic rings. The summed E-state index contributed by atoms with van der Waals surface area (Å²) >= 11 is 13.8. The minimum atomic E-state index is -0.949. The Labute approximate surface area is 310 Å². The van der Waals surface area contributed by atoms with Gasteiger partial charge in [-0.2, -0.15) is 4.98 Å². The molecule has 3 aromatic carbocycles. The second kappa shape index (κ2) is 15.8. The molecule has 1 atom stereocenters. The summed E-state index contributed by atoms with van der Waals surface area (Å²) in [6.45, 7) is 7.23. The van der Waals surface area contributed by atoms with Gasteiger partial charge in [0.1, 0.15) is 23.5 Å². The molecule has 1 aliphatic heterocycles. The number of nitrogens with zero attached hydrogens (tertiary/aromatic N) is 5. The fourth-order valence-corrected chi connectivity index (χ4v) is 6.76. The van der Waals surface area contributed by atoms with Crippen molar-refractivity contribution in [3.8, 4) is 11.4 Å². The van der Waals surface area contributed by atoms with E-state index in [1.165, 1.54) is 6.07 Å². The van der Waals surface area contributed by atoms with E-state index in [-0.39, 0.29) is 47.6 Å². The quantitative estimate of drug-likeness (QED) is 0.141. The number of halogens is 4. The number of hydrogen-bond acceptors (Lipinski definition) is 8. The van der Waals surface area contributed by atoms with Crippen molar-refractivity contribution >= 4 is 52.4 Å². The molecule has 1 N–H and O–H groups in total. The van der Waals surface area contributed by atoms with Gasteiger partial charge in [-0.05, 0) is 80.5 Å². The molecular weight excluding hydrogens is 713 g/mol. The van der Waals surface area contributed by atoms with Gasteiger partial charge >= 0.3 is 12.1 Å². The average molecular weight is 752 g/mol. The highest BCUT2D eigenvalue weighted by atomic mass is 35.5. The number of imidazole rings is 1.